The smallest absolute Gasteiger partial charge is 0.265 e. The molecule has 0 spiro atoms. The number of hydrogen-bond acceptors (Lipinski definition) is 6. The minimum atomic E-state index is -3.75. The Hall–Kier alpha value is -2.85. The molecule has 4 aromatic rings. The number of sulfonamides is 1. The Morgan fingerprint density at radius 3 is 2.57 bits per heavy atom. The van der Waals surface area contributed by atoms with Gasteiger partial charge in [0.25, 0.3) is 10.0 Å². The first-order valence-corrected chi connectivity index (χ1v) is 14.9. The van der Waals surface area contributed by atoms with Crippen LogP contribution in [0, 0.1) is 0 Å². The first kappa shape index (κ1) is 25.8. The first-order valence-electron chi connectivity index (χ1n) is 12.4. The second-order valence-electron chi connectivity index (χ2n) is 9.18. The highest BCUT2D eigenvalue weighted by Crippen LogP contribution is 2.32. The van der Waals surface area contributed by atoms with Crippen molar-refractivity contribution in [2.75, 3.05) is 44.2 Å². The molecule has 0 bridgehead atoms. The van der Waals surface area contributed by atoms with Crippen molar-refractivity contribution in [2.45, 2.75) is 22.4 Å². The largest absolute Gasteiger partial charge is 0.379 e. The second kappa shape index (κ2) is 11.7. The Balaban J connectivity index is 1.44. The maximum atomic E-state index is 13.4. The molecule has 2 aromatic carbocycles. The van der Waals surface area contributed by atoms with Gasteiger partial charge in [0.15, 0.2) is 0 Å². The van der Waals surface area contributed by atoms with E-state index in [0.29, 0.717) is 10.9 Å². The molecule has 0 saturated carbocycles. The van der Waals surface area contributed by atoms with Crippen molar-refractivity contribution in [1.82, 2.24) is 14.5 Å². The number of benzene rings is 2. The molecule has 194 valence electrons. The lowest BCUT2D eigenvalue weighted by atomic mass is 10.2. The van der Waals surface area contributed by atoms with Crippen LogP contribution in [0.25, 0.3) is 10.9 Å². The third-order valence-corrected chi connectivity index (χ3v) is 9.72. The van der Waals surface area contributed by atoms with Gasteiger partial charge in [-0.05, 0) is 29.8 Å². The van der Waals surface area contributed by atoms with Crippen molar-refractivity contribution >= 4 is 38.4 Å². The van der Waals surface area contributed by atoms with E-state index < -0.39 is 10.0 Å². The number of morpholine rings is 1. The number of hydrogen-bond donors (Lipinski definition) is 0. The molecule has 1 fully saturated rings. The normalized spacial score (nSPS) is 15.6. The van der Waals surface area contributed by atoms with E-state index in [1.165, 1.54) is 16.1 Å². The SMILES string of the molecule is CN(c1cccc2ccn(CC(CN3CCOCC3)SCc3ccccc3)c12)S(=O)(=O)c1cccnc1. The van der Waals surface area contributed by atoms with Crippen LogP contribution in [-0.2, 0) is 27.1 Å². The zero-order valence-corrected chi connectivity index (χ0v) is 22.6. The summed E-state index contributed by atoms with van der Waals surface area (Å²) in [5.74, 6) is 0.928. The van der Waals surface area contributed by atoms with Gasteiger partial charge in [0, 0.05) is 68.2 Å². The number of ether oxygens (including phenoxy) is 1. The van der Waals surface area contributed by atoms with Gasteiger partial charge in [-0.25, -0.2) is 8.42 Å². The van der Waals surface area contributed by atoms with Gasteiger partial charge in [0.2, 0.25) is 0 Å². The summed E-state index contributed by atoms with van der Waals surface area (Å²) in [5.41, 5.74) is 2.88. The Labute approximate surface area is 223 Å². The monoisotopic (exact) mass is 536 g/mol. The van der Waals surface area contributed by atoms with Gasteiger partial charge in [0.1, 0.15) is 4.90 Å². The van der Waals surface area contributed by atoms with Gasteiger partial charge in [-0.15, -0.1) is 0 Å². The number of pyridine rings is 1. The highest BCUT2D eigenvalue weighted by molar-refractivity contribution is 7.99. The maximum Gasteiger partial charge on any atom is 0.265 e. The fourth-order valence-corrected chi connectivity index (χ4v) is 7.05. The van der Waals surface area contributed by atoms with Crippen LogP contribution in [0.5, 0.6) is 0 Å². The highest BCUT2D eigenvalue weighted by Gasteiger charge is 2.25. The van der Waals surface area contributed by atoms with Crippen LogP contribution in [0.4, 0.5) is 5.69 Å². The van der Waals surface area contributed by atoms with E-state index in [1.807, 2.05) is 36.0 Å². The van der Waals surface area contributed by atoms with E-state index in [2.05, 4.69) is 51.0 Å². The molecule has 1 saturated heterocycles. The van der Waals surface area contributed by atoms with Crippen LogP contribution in [0.3, 0.4) is 0 Å². The molecule has 2 aromatic heterocycles. The number of rotatable bonds is 10. The third-order valence-electron chi connectivity index (χ3n) is 6.69. The van der Waals surface area contributed by atoms with Crippen LogP contribution in [0.2, 0.25) is 0 Å². The number of anilines is 1. The number of nitrogens with zero attached hydrogens (tertiary/aromatic N) is 4. The zero-order valence-electron chi connectivity index (χ0n) is 20.9. The molecular weight excluding hydrogens is 504 g/mol. The molecule has 9 heteroatoms. The summed E-state index contributed by atoms with van der Waals surface area (Å²) in [4.78, 5) is 6.66. The summed E-state index contributed by atoms with van der Waals surface area (Å²) in [6, 6.07) is 21.6. The van der Waals surface area contributed by atoms with Crippen molar-refractivity contribution in [3.05, 3.63) is 90.9 Å². The first-order chi connectivity index (χ1) is 18.0. The minimum absolute atomic E-state index is 0.177. The van der Waals surface area contributed by atoms with Crippen LogP contribution in [-0.4, -0.2) is 68.0 Å². The van der Waals surface area contributed by atoms with Gasteiger partial charge >= 0.3 is 0 Å². The predicted octanol–water partition coefficient (Wildman–Crippen LogP) is 4.50. The Bertz CT molecular complexity index is 1410. The molecule has 7 nitrogen and oxygen atoms in total. The van der Waals surface area contributed by atoms with E-state index in [-0.39, 0.29) is 4.90 Å². The summed E-state index contributed by atoms with van der Waals surface area (Å²) >= 11 is 1.95. The quantitative estimate of drug-likeness (QED) is 0.297. The second-order valence-corrected chi connectivity index (χ2v) is 12.4. The number of thioether (sulfide) groups is 1. The molecular formula is C28H32N4O3S2. The summed E-state index contributed by atoms with van der Waals surface area (Å²) in [6.07, 6.45) is 5.05. The van der Waals surface area contributed by atoms with E-state index in [0.717, 1.165) is 56.0 Å². The van der Waals surface area contributed by atoms with Gasteiger partial charge in [-0.3, -0.25) is 14.2 Å². The van der Waals surface area contributed by atoms with E-state index in [4.69, 9.17) is 4.74 Å². The molecule has 1 aliphatic rings. The van der Waals surface area contributed by atoms with E-state index in [1.54, 1.807) is 25.4 Å². The Kier molecular flexibility index (Phi) is 8.14. The van der Waals surface area contributed by atoms with Gasteiger partial charge in [-0.1, -0.05) is 42.5 Å². The lowest BCUT2D eigenvalue weighted by molar-refractivity contribution is 0.0377. The number of fused-ring (bicyclic) bond motifs is 1. The molecule has 0 N–H and O–H groups in total. The lowest BCUT2D eigenvalue weighted by Gasteiger charge is -2.31. The van der Waals surface area contributed by atoms with Crippen molar-refractivity contribution in [1.29, 1.82) is 0 Å². The summed E-state index contributed by atoms with van der Waals surface area (Å²) in [6.45, 7) is 5.13. The zero-order chi connectivity index (χ0) is 25.7. The summed E-state index contributed by atoms with van der Waals surface area (Å²) in [7, 11) is -2.13. The standard InChI is InChI=1S/C28H32N4O3S2/c1-30(37(33,34)26-10-6-13-29-19-26)27-11-5-9-24-12-14-32(28(24)27)21-25(20-31-15-17-35-18-16-31)36-22-23-7-3-2-4-8-23/h2-14,19,25H,15-18,20-22H2,1H3. The Morgan fingerprint density at radius 2 is 1.81 bits per heavy atom. The fourth-order valence-electron chi connectivity index (χ4n) is 4.68. The maximum absolute atomic E-state index is 13.4. The predicted molar refractivity (Wildman–Crippen MR) is 151 cm³/mol. The molecule has 37 heavy (non-hydrogen) atoms. The highest BCUT2D eigenvalue weighted by atomic mass is 32.2. The van der Waals surface area contributed by atoms with Crippen LogP contribution in [0.1, 0.15) is 5.56 Å². The summed E-state index contributed by atoms with van der Waals surface area (Å²) in [5, 5.41) is 1.34. The number of para-hydroxylation sites is 1. The van der Waals surface area contributed by atoms with Gasteiger partial charge in [0.05, 0.1) is 24.4 Å². The molecule has 1 unspecified atom stereocenters. The minimum Gasteiger partial charge on any atom is -0.379 e. The van der Waals surface area contributed by atoms with Crippen molar-refractivity contribution in [3.8, 4) is 0 Å². The Morgan fingerprint density at radius 1 is 1.00 bits per heavy atom. The van der Waals surface area contributed by atoms with Crippen LogP contribution < -0.4 is 4.31 Å². The van der Waals surface area contributed by atoms with E-state index in [9.17, 15) is 8.42 Å². The fraction of sp³-hybridized carbons (Fsp3) is 0.321. The van der Waals surface area contributed by atoms with Crippen molar-refractivity contribution < 1.29 is 13.2 Å². The molecule has 0 aliphatic carbocycles. The number of aromatic nitrogens is 2. The molecule has 5 rings (SSSR count). The van der Waals surface area contributed by atoms with E-state index >= 15 is 0 Å². The van der Waals surface area contributed by atoms with Gasteiger partial charge in [-0.2, -0.15) is 11.8 Å². The lowest BCUT2D eigenvalue weighted by Crippen LogP contribution is -2.41. The van der Waals surface area contributed by atoms with Crippen LogP contribution in [0.15, 0.2) is 90.2 Å². The molecule has 0 radical (unpaired) electrons. The molecule has 3 heterocycles. The summed E-state index contributed by atoms with van der Waals surface area (Å²) < 4.78 is 36.0. The topological polar surface area (TPSA) is 67.7 Å². The van der Waals surface area contributed by atoms with Crippen molar-refractivity contribution in [2.24, 2.45) is 0 Å². The van der Waals surface area contributed by atoms with Crippen molar-refractivity contribution in [3.63, 3.8) is 0 Å². The molecule has 1 aliphatic heterocycles. The van der Waals surface area contributed by atoms with Gasteiger partial charge < -0.3 is 9.30 Å². The average Bonchev–Trinajstić information content (AvgIpc) is 3.36. The molecule has 0 amide bonds. The molecule has 1 atom stereocenters. The average molecular weight is 537 g/mol. The third kappa shape index (κ3) is 6.01. The van der Waals surface area contributed by atoms with Crippen LogP contribution >= 0.6 is 11.8 Å².